The zero-order chi connectivity index (χ0) is 26.2. The number of benzene rings is 4. The summed E-state index contributed by atoms with van der Waals surface area (Å²) in [4.78, 5) is 6.51. The number of aromatic nitrogens is 1. The van der Waals surface area contributed by atoms with Crippen molar-refractivity contribution in [1.29, 1.82) is 0 Å². The normalized spacial score (nSPS) is 13.0. The summed E-state index contributed by atoms with van der Waals surface area (Å²) >= 11 is 0. The van der Waals surface area contributed by atoms with Crippen molar-refractivity contribution in [3.8, 4) is 0 Å². The van der Waals surface area contributed by atoms with Gasteiger partial charge in [-0.15, -0.1) is 0 Å². The smallest absolute Gasteiger partial charge is 0.159 e. The SMILES string of the molecule is C1=Cc2oc3cc(N(c4ccc5c(c4)oc4ccncc45)c4cccc5c4oc4ccccc45)ccc3c2CN1. The van der Waals surface area contributed by atoms with Crippen LogP contribution in [0.3, 0.4) is 0 Å². The standard InChI is InChI=1S/C34H21N3O3/c1-2-7-29-22(4-1)25-5-3-6-28(34(25)40-29)37(20-8-10-23-26-18-35-14-12-30(26)38-32(23)16-20)21-9-11-24-27-19-36-15-13-31(27)39-33(24)17-21/h1-18,36H,19H2. The quantitative estimate of drug-likeness (QED) is 0.251. The fourth-order valence-electron chi connectivity index (χ4n) is 5.99. The van der Waals surface area contributed by atoms with Gasteiger partial charge in [0, 0.05) is 69.8 Å². The minimum atomic E-state index is 0.748. The van der Waals surface area contributed by atoms with E-state index in [4.69, 9.17) is 13.3 Å². The molecule has 40 heavy (non-hydrogen) atoms. The van der Waals surface area contributed by atoms with E-state index < -0.39 is 0 Å². The summed E-state index contributed by atoms with van der Waals surface area (Å²) < 4.78 is 19.0. The van der Waals surface area contributed by atoms with E-state index in [-0.39, 0.29) is 0 Å². The van der Waals surface area contributed by atoms with Crippen LogP contribution in [0.25, 0.3) is 60.9 Å². The number of para-hydroxylation sites is 2. The molecule has 5 heterocycles. The van der Waals surface area contributed by atoms with Gasteiger partial charge in [0.2, 0.25) is 0 Å². The van der Waals surface area contributed by atoms with Crippen molar-refractivity contribution in [3.63, 3.8) is 0 Å². The Balaban J connectivity index is 1.32. The van der Waals surface area contributed by atoms with Gasteiger partial charge >= 0.3 is 0 Å². The average Bonchev–Trinajstić information content (AvgIpc) is 3.68. The molecule has 0 aliphatic carbocycles. The fraction of sp³-hybridized carbons (Fsp3) is 0.0294. The fourth-order valence-corrected chi connectivity index (χ4v) is 5.99. The summed E-state index contributed by atoms with van der Waals surface area (Å²) in [5.74, 6) is 0.897. The molecule has 0 unspecified atom stereocenters. The van der Waals surface area contributed by atoms with Crippen LogP contribution in [0.2, 0.25) is 0 Å². The van der Waals surface area contributed by atoms with Crippen LogP contribution in [0.4, 0.5) is 17.1 Å². The minimum Gasteiger partial charge on any atom is -0.456 e. The molecular formula is C34H21N3O3. The van der Waals surface area contributed by atoms with E-state index in [1.54, 1.807) is 6.20 Å². The zero-order valence-corrected chi connectivity index (χ0v) is 21.2. The molecule has 1 N–H and O–H groups in total. The molecule has 190 valence electrons. The summed E-state index contributed by atoms with van der Waals surface area (Å²) in [6, 6.07) is 29.1. The highest BCUT2D eigenvalue weighted by Gasteiger charge is 2.22. The van der Waals surface area contributed by atoms with E-state index in [1.165, 1.54) is 5.56 Å². The van der Waals surface area contributed by atoms with Crippen molar-refractivity contribution >= 4 is 78.0 Å². The highest BCUT2D eigenvalue weighted by molar-refractivity contribution is 6.11. The summed E-state index contributed by atoms with van der Waals surface area (Å²) in [5.41, 5.74) is 8.15. The van der Waals surface area contributed by atoms with E-state index >= 15 is 0 Å². The maximum atomic E-state index is 6.48. The lowest BCUT2D eigenvalue weighted by molar-refractivity contribution is 0.592. The molecule has 8 aromatic rings. The lowest BCUT2D eigenvalue weighted by Crippen LogP contribution is -2.10. The van der Waals surface area contributed by atoms with Crippen LogP contribution in [-0.4, -0.2) is 4.98 Å². The first kappa shape index (κ1) is 21.4. The lowest BCUT2D eigenvalue weighted by Gasteiger charge is -2.25. The lowest BCUT2D eigenvalue weighted by atomic mass is 10.1. The van der Waals surface area contributed by atoms with Gasteiger partial charge in [0.25, 0.3) is 0 Å². The Bertz CT molecular complexity index is 2300. The number of fused-ring (bicyclic) bond motifs is 9. The van der Waals surface area contributed by atoms with Gasteiger partial charge in [0.15, 0.2) is 5.58 Å². The van der Waals surface area contributed by atoms with Crippen molar-refractivity contribution in [2.24, 2.45) is 0 Å². The summed E-state index contributed by atoms with van der Waals surface area (Å²) in [6.07, 6.45) is 7.51. The van der Waals surface area contributed by atoms with Crippen LogP contribution >= 0.6 is 0 Å². The summed E-state index contributed by atoms with van der Waals surface area (Å²) in [5, 5.41) is 8.59. The van der Waals surface area contributed by atoms with Crippen molar-refractivity contribution in [2.45, 2.75) is 6.54 Å². The van der Waals surface area contributed by atoms with Gasteiger partial charge in [-0.3, -0.25) is 4.98 Å². The van der Waals surface area contributed by atoms with Crippen molar-refractivity contribution in [1.82, 2.24) is 10.3 Å². The van der Waals surface area contributed by atoms with Crippen molar-refractivity contribution in [3.05, 3.63) is 115 Å². The number of nitrogens with zero attached hydrogens (tertiary/aromatic N) is 2. The zero-order valence-electron chi connectivity index (χ0n) is 21.2. The first-order valence-corrected chi connectivity index (χ1v) is 13.2. The summed E-state index contributed by atoms with van der Waals surface area (Å²) in [7, 11) is 0. The van der Waals surface area contributed by atoms with Gasteiger partial charge in [-0.05, 0) is 48.5 Å². The van der Waals surface area contributed by atoms with Gasteiger partial charge in [0.05, 0.1) is 17.1 Å². The number of rotatable bonds is 3. The highest BCUT2D eigenvalue weighted by atomic mass is 16.3. The number of nitrogens with one attached hydrogen (secondary N) is 1. The van der Waals surface area contributed by atoms with E-state index in [9.17, 15) is 0 Å². The van der Waals surface area contributed by atoms with Crippen LogP contribution in [0.5, 0.6) is 0 Å². The Morgan fingerprint density at radius 2 is 1.43 bits per heavy atom. The third kappa shape index (κ3) is 3.01. The van der Waals surface area contributed by atoms with Crippen LogP contribution < -0.4 is 10.2 Å². The Hall–Kier alpha value is -5.49. The average molecular weight is 520 g/mol. The monoisotopic (exact) mass is 519 g/mol. The molecule has 4 aromatic heterocycles. The number of hydrogen-bond donors (Lipinski definition) is 1. The number of pyridine rings is 1. The van der Waals surface area contributed by atoms with Crippen LogP contribution in [-0.2, 0) is 6.54 Å². The Morgan fingerprint density at radius 3 is 2.35 bits per heavy atom. The summed E-state index contributed by atoms with van der Waals surface area (Å²) in [6.45, 7) is 0.748. The first-order valence-electron chi connectivity index (χ1n) is 13.2. The van der Waals surface area contributed by atoms with Gasteiger partial charge in [-0.2, -0.15) is 0 Å². The Kier molecular flexibility index (Phi) is 4.29. The molecule has 1 aliphatic rings. The van der Waals surface area contributed by atoms with E-state index in [1.807, 2.05) is 42.7 Å². The molecule has 6 heteroatoms. The molecule has 0 fully saturated rings. The molecule has 0 radical (unpaired) electrons. The third-order valence-electron chi connectivity index (χ3n) is 7.84. The number of anilines is 3. The van der Waals surface area contributed by atoms with Gasteiger partial charge in [0.1, 0.15) is 28.1 Å². The Morgan fingerprint density at radius 1 is 0.650 bits per heavy atom. The Labute approximate surface area is 227 Å². The third-order valence-corrected chi connectivity index (χ3v) is 7.84. The van der Waals surface area contributed by atoms with E-state index in [0.717, 1.165) is 84.2 Å². The second-order valence-corrected chi connectivity index (χ2v) is 10.1. The van der Waals surface area contributed by atoms with Gasteiger partial charge in [-0.25, -0.2) is 0 Å². The van der Waals surface area contributed by atoms with Crippen LogP contribution in [0.1, 0.15) is 11.3 Å². The van der Waals surface area contributed by atoms with Crippen LogP contribution in [0, 0.1) is 0 Å². The molecule has 4 aromatic carbocycles. The molecule has 0 amide bonds. The minimum absolute atomic E-state index is 0.748. The van der Waals surface area contributed by atoms with Gasteiger partial charge in [-0.1, -0.05) is 30.3 Å². The molecule has 0 saturated heterocycles. The first-order chi connectivity index (χ1) is 19.8. The maximum Gasteiger partial charge on any atom is 0.159 e. The van der Waals surface area contributed by atoms with Crippen molar-refractivity contribution in [2.75, 3.05) is 4.90 Å². The van der Waals surface area contributed by atoms with Crippen LogP contribution in [0.15, 0.2) is 117 Å². The second kappa shape index (κ2) is 8.01. The van der Waals surface area contributed by atoms with E-state index in [2.05, 4.69) is 75.9 Å². The molecule has 0 bridgehead atoms. The maximum absolute atomic E-state index is 6.48. The predicted octanol–water partition coefficient (Wildman–Crippen LogP) is 9.17. The molecule has 0 spiro atoms. The predicted molar refractivity (Wildman–Crippen MR) is 159 cm³/mol. The topological polar surface area (TPSA) is 67.6 Å². The molecule has 6 nitrogen and oxygen atoms in total. The molecule has 9 rings (SSSR count). The van der Waals surface area contributed by atoms with Gasteiger partial charge < -0.3 is 23.5 Å². The van der Waals surface area contributed by atoms with Crippen molar-refractivity contribution < 1.29 is 13.3 Å². The second-order valence-electron chi connectivity index (χ2n) is 10.1. The largest absolute Gasteiger partial charge is 0.456 e. The molecule has 1 aliphatic heterocycles. The highest BCUT2D eigenvalue weighted by Crippen LogP contribution is 2.44. The molecule has 0 saturated carbocycles. The molecule has 0 atom stereocenters. The van der Waals surface area contributed by atoms with E-state index in [0.29, 0.717) is 0 Å². The molecular weight excluding hydrogens is 498 g/mol. The number of hydrogen-bond acceptors (Lipinski definition) is 6. The number of furan rings is 3.